The summed E-state index contributed by atoms with van der Waals surface area (Å²) in [4.78, 5) is 13.5. The van der Waals surface area contributed by atoms with Gasteiger partial charge < -0.3 is 9.64 Å². The predicted octanol–water partition coefficient (Wildman–Crippen LogP) is 0.863. The molecule has 120 valence electrons. The highest BCUT2D eigenvalue weighted by Gasteiger charge is 2.38. The Hall–Kier alpha value is -1.60. The summed E-state index contributed by atoms with van der Waals surface area (Å²) in [6.07, 6.45) is 0.674. The van der Waals surface area contributed by atoms with Gasteiger partial charge >= 0.3 is 0 Å². The molecular weight excluding hydrogens is 304 g/mol. The minimum Gasteiger partial charge on any atom is -0.486 e. The molecule has 0 N–H and O–H groups in total. The number of sulfonamides is 1. The molecule has 1 aromatic carbocycles. The number of hydrogen-bond donors (Lipinski definition) is 0. The van der Waals surface area contributed by atoms with E-state index in [0.29, 0.717) is 25.3 Å². The third kappa shape index (κ3) is 2.48. The van der Waals surface area contributed by atoms with E-state index in [9.17, 15) is 13.2 Å². The lowest BCUT2D eigenvalue weighted by Gasteiger charge is -2.31. The van der Waals surface area contributed by atoms with Crippen LogP contribution in [0.25, 0.3) is 0 Å². The lowest BCUT2D eigenvalue weighted by molar-refractivity contribution is -0.132. The molecule has 1 fully saturated rings. The van der Waals surface area contributed by atoms with Crippen LogP contribution in [0.15, 0.2) is 23.1 Å². The molecule has 0 atom stereocenters. The van der Waals surface area contributed by atoms with Crippen LogP contribution in [0.1, 0.15) is 19.4 Å². The van der Waals surface area contributed by atoms with Gasteiger partial charge in [0.05, 0.1) is 6.54 Å². The van der Waals surface area contributed by atoms with Gasteiger partial charge in [-0.15, -0.1) is 0 Å². The Bertz CT molecular complexity index is 727. The van der Waals surface area contributed by atoms with Crippen LogP contribution >= 0.6 is 0 Å². The fourth-order valence-electron chi connectivity index (χ4n) is 2.87. The zero-order valence-corrected chi connectivity index (χ0v) is 13.8. The van der Waals surface area contributed by atoms with Crippen molar-refractivity contribution in [2.24, 2.45) is 0 Å². The summed E-state index contributed by atoms with van der Waals surface area (Å²) in [7, 11) is -2.05. The molecule has 0 bridgehead atoms. The second-order valence-corrected chi connectivity index (χ2v) is 8.34. The third-order valence-corrected chi connectivity index (χ3v) is 5.96. The lowest BCUT2D eigenvalue weighted by atomic mass is 10.0. The zero-order chi connectivity index (χ0) is 16.1. The van der Waals surface area contributed by atoms with Gasteiger partial charge in [0.1, 0.15) is 16.2 Å². The minimum atomic E-state index is -3.73. The van der Waals surface area contributed by atoms with Crippen LogP contribution in [-0.4, -0.2) is 55.8 Å². The van der Waals surface area contributed by atoms with Gasteiger partial charge in [-0.2, -0.15) is 4.31 Å². The van der Waals surface area contributed by atoms with Crippen molar-refractivity contribution < 1.29 is 17.9 Å². The molecule has 0 aliphatic carbocycles. The summed E-state index contributed by atoms with van der Waals surface area (Å²) in [6.45, 7) is 4.45. The Balaban J connectivity index is 1.98. The van der Waals surface area contributed by atoms with Crippen molar-refractivity contribution in [2.75, 3.05) is 26.7 Å². The fraction of sp³-hybridized carbons (Fsp3) is 0.533. The van der Waals surface area contributed by atoms with E-state index in [1.807, 2.05) is 19.9 Å². The van der Waals surface area contributed by atoms with Crippen LogP contribution in [0.5, 0.6) is 5.75 Å². The topological polar surface area (TPSA) is 66.9 Å². The maximum Gasteiger partial charge on any atom is 0.247 e. The van der Waals surface area contributed by atoms with E-state index in [4.69, 9.17) is 4.74 Å². The average Bonchev–Trinajstić information content (AvgIpc) is 2.74. The van der Waals surface area contributed by atoms with E-state index in [0.717, 1.165) is 5.56 Å². The molecule has 6 nitrogen and oxygen atoms in total. The Morgan fingerprint density at radius 2 is 1.95 bits per heavy atom. The number of carbonyl (C=O) groups is 1. The molecule has 0 aromatic heterocycles. The summed E-state index contributed by atoms with van der Waals surface area (Å²) < 4.78 is 32.9. The Labute approximate surface area is 130 Å². The second-order valence-electron chi connectivity index (χ2n) is 6.44. The molecule has 0 saturated carbocycles. The minimum absolute atomic E-state index is 0.119. The van der Waals surface area contributed by atoms with Crippen LogP contribution in [0.2, 0.25) is 0 Å². The van der Waals surface area contributed by atoms with Gasteiger partial charge in [0, 0.05) is 26.6 Å². The smallest absolute Gasteiger partial charge is 0.247 e. The molecule has 2 heterocycles. The van der Waals surface area contributed by atoms with Gasteiger partial charge in [0.25, 0.3) is 0 Å². The van der Waals surface area contributed by atoms with E-state index in [1.165, 1.54) is 4.31 Å². The van der Waals surface area contributed by atoms with E-state index < -0.39 is 15.6 Å². The third-order valence-electron chi connectivity index (χ3n) is 4.09. The van der Waals surface area contributed by atoms with Crippen molar-refractivity contribution in [1.82, 2.24) is 9.21 Å². The van der Waals surface area contributed by atoms with E-state index >= 15 is 0 Å². The molecule has 1 amide bonds. The quantitative estimate of drug-likeness (QED) is 0.809. The molecular formula is C15H20N2O4S. The van der Waals surface area contributed by atoms with E-state index in [-0.39, 0.29) is 17.3 Å². The molecule has 22 heavy (non-hydrogen) atoms. The molecule has 0 unspecified atom stereocenters. The average molecular weight is 324 g/mol. The van der Waals surface area contributed by atoms with Crippen LogP contribution < -0.4 is 4.74 Å². The Morgan fingerprint density at radius 1 is 1.23 bits per heavy atom. The monoisotopic (exact) mass is 324 g/mol. The number of amides is 1. The maximum atomic E-state index is 12.9. The maximum absolute atomic E-state index is 12.9. The van der Waals surface area contributed by atoms with Crippen LogP contribution in [0.4, 0.5) is 0 Å². The van der Waals surface area contributed by atoms with Crippen molar-refractivity contribution in [3.05, 3.63) is 23.8 Å². The van der Waals surface area contributed by atoms with Crippen molar-refractivity contribution in [3.63, 3.8) is 0 Å². The number of nitrogens with zero attached hydrogens (tertiary/aromatic N) is 2. The first-order valence-electron chi connectivity index (χ1n) is 7.26. The van der Waals surface area contributed by atoms with Crippen molar-refractivity contribution in [2.45, 2.75) is 30.8 Å². The number of para-hydroxylation sites is 1. The summed E-state index contributed by atoms with van der Waals surface area (Å²) in [5, 5.41) is 0. The number of carbonyl (C=O) groups excluding carboxylic acids is 1. The number of fused-ring (bicyclic) bond motifs is 1. The zero-order valence-electron chi connectivity index (χ0n) is 13.0. The highest BCUT2D eigenvalue weighted by Crippen LogP contribution is 2.40. The summed E-state index contributed by atoms with van der Waals surface area (Å²) in [5.41, 5.74) is 0.484. The molecule has 1 aromatic rings. The van der Waals surface area contributed by atoms with Crippen molar-refractivity contribution in [1.29, 1.82) is 0 Å². The van der Waals surface area contributed by atoms with Crippen LogP contribution in [0.3, 0.4) is 0 Å². The first-order valence-corrected chi connectivity index (χ1v) is 8.70. The van der Waals surface area contributed by atoms with Gasteiger partial charge in [0.2, 0.25) is 15.9 Å². The van der Waals surface area contributed by atoms with Gasteiger partial charge in [0.15, 0.2) is 0 Å². The van der Waals surface area contributed by atoms with Gasteiger partial charge in [-0.1, -0.05) is 12.1 Å². The highest BCUT2D eigenvalue weighted by atomic mass is 32.2. The molecule has 2 aliphatic rings. The summed E-state index contributed by atoms with van der Waals surface area (Å²) in [6, 6.07) is 5.17. The number of hydrogen-bond acceptors (Lipinski definition) is 4. The number of ether oxygens (including phenoxy) is 1. The Kier molecular flexibility index (Phi) is 3.45. The number of benzene rings is 1. The molecule has 0 radical (unpaired) electrons. The van der Waals surface area contributed by atoms with Gasteiger partial charge in [-0.25, -0.2) is 8.42 Å². The lowest BCUT2D eigenvalue weighted by Crippen LogP contribution is -2.50. The largest absolute Gasteiger partial charge is 0.486 e. The standard InChI is InChI=1S/C15H20N2O4S/c1-15(2)9-11-5-4-6-12(14(11)21-15)22(19,20)17-8-7-16(3)13(18)10-17/h4-6H,7-10H2,1-3H3. The predicted molar refractivity (Wildman–Crippen MR) is 81.2 cm³/mol. The molecule has 7 heteroatoms. The second kappa shape index (κ2) is 4.96. The SMILES string of the molecule is CN1CCN(S(=O)(=O)c2cccc3c2OC(C)(C)C3)CC1=O. The first kappa shape index (κ1) is 15.3. The normalized spacial score (nSPS) is 21.6. The fourth-order valence-corrected chi connectivity index (χ4v) is 4.41. The molecule has 3 rings (SSSR count). The number of rotatable bonds is 2. The van der Waals surface area contributed by atoms with E-state index in [1.54, 1.807) is 24.1 Å². The molecule has 2 aliphatic heterocycles. The van der Waals surface area contributed by atoms with Crippen molar-refractivity contribution in [3.8, 4) is 5.75 Å². The van der Waals surface area contributed by atoms with Crippen LogP contribution in [0, 0.1) is 0 Å². The Morgan fingerprint density at radius 3 is 2.64 bits per heavy atom. The number of likely N-dealkylation sites (N-methyl/N-ethyl adjacent to an activating group) is 1. The number of piperazine rings is 1. The van der Waals surface area contributed by atoms with Gasteiger partial charge in [-0.3, -0.25) is 4.79 Å². The van der Waals surface area contributed by atoms with Gasteiger partial charge in [-0.05, 0) is 25.5 Å². The summed E-state index contributed by atoms with van der Waals surface area (Å²) in [5.74, 6) is 0.238. The molecule has 0 spiro atoms. The van der Waals surface area contributed by atoms with E-state index in [2.05, 4.69) is 0 Å². The molecule has 1 saturated heterocycles. The first-order chi connectivity index (χ1) is 10.2. The van der Waals surface area contributed by atoms with Crippen LogP contribution in [-0.2, 0) is 21.2 Å². The highest BCUT2D eigenvalue weighted by molar-refractivity contribution is 7.89. The van der Waals surface area contributed by atoms with Crippen molar-refractivity contribution >= 4 is 15.9 Å². The summed E-state index contributed by atoms with van der Waals surface area (Å²) >= 11 is 0.